The van der Waals surface area contributed by atoms with E-state index in [1.165, 1.54) is 0 Å². The molecule has 1 aromatic heterocycles. The number of rotatable bonds is 3. The van der Waals surface area contributed by atoms with Gasteiger partial charge in [0.2, 0.25) is 0 Å². The number of nitrogens with zero attached hydrogens (tertiary/aromatic N) is 2. The maximum Gasteiger partial charge on any atom is 0.327 e. The molecule has 0 saturated carbocycles. The molecule has 1 aromatic carbocycles. The highest BCUT2D eigenvalue weighted by atomic mass is 16.5. The maximum absolute atomic E-state index is 11.3. The van der Waals surface area contributed by atoms with Gasteiger partial charge in [0, 0.05) is 11.6 Å². The summed E-state index contributed by atoms with van der Waals surface area (Å²) in [4.78, 5) is 11.3. The van der Waals surface area contributed by atoms with E-state index in [0.29, 0.717) is 6.61 Å². The molecule has 0 amide bonds. The SMILES string of the molecule is CCOC(=O)Cn1cc2ccc(C)cc2n1. The van der Waals surface area contributed by atoms with Gasteiger partial charge in [-0.25, -0.2) is 0 Å². The van der Waals surface area contributed by atoms with E-state index in [0.717, 1.165) is 16.5 Å². The Hall–Kier alpha value is -1.84. The van der Waals surface area contributed by atoms with Gasteiger partial charge in [0.1, 0.15) is 6.54 Å². The third-order valence-electron chi connectivity index (χ3n) is 2.31. The number of fused-ring (bicyclic) bond motifs is 1. The fraction of sp³-hybridized carbons (Fsp3) is 0.333. The van der Waals surface area contributed by atoms with E-state index in [4.69, 9.17) is 4.74 Å². The number of hydrogen-bond acceptors (Lipinski definition) is 3. The Balaban J connectivity index is 2.23. The van der Waals surface area contributed by atoms with Crippen molar-refractivity contribution in [3.05, 3.63) is 30.0 Å². The number of aromatic nitrogens is 2. The van der Waals surface area contributed by atoms with Gasteiger partial charge in [-0.3, -0.25) is 9.48 Å². The minimum atomic E-state index is -0.257. The first-order valence-electron chi connectivity index (χ1n) is 5.28. The maximum atomic E-state index is 11.3. The number of hydrogen-bond donors (Lipinski definition) is 0. The Labute approximate surface area is 93.8 Å². The van der Waals surface area contributed by atoms with Crippen LogP contribution >= 0.6 is 0 Å². The third kappa shape index (κ3) is 2.21. The summed E-state index contributed by atoms with van der Waals surface area (Å²) in [6, 6.07) is 6.02. The van der Waals surface area contributed by atoms with Crippen molar-refractivity contribution in [2.24, 2.45) is 0 Å². The zero-order valence-electron chi connectivity index (χ0n) is 9.43. The topological polar surface area (TPSA) is 44.1 Å². The first-order valence-corrected chi connectivity index (χ1v) is 5.28. The summed E-state index contributed by atoms with van der Waals surface area (Å²) in [6.45, 7) is 4.38. The van der Waals surface area contributed by atoms with Gasteiger partial charge in [0.05, 0.1) is 12.1 Å². The molecule has 0 unspecified atom stereocenters. The molecule has 4 heteroatoms. The second-order valence-electron chi connectivity index (χ2n) is 3.69. The van der Waals surface area contributed by atoms with Gasteiger partial charge < -0.3 is 4.74 Å². The number of carbonyl (C=O) groups excluding carboxylic acids is 1. The molecule has 0 saturated heterocycles. The molecular weight excluding hydrogens is 204 g/mol. The van der Waals surface area contributed by atoms with Crippen LogP contribution in [-0.2, 0) is 16.1 Å². The van der Waals surface area contributed by atoms with Crippen LogP contribution in [0.2, 0.25) is 0 Å². The molecule has 2 rings (SSSR count). The van der Waals surface area contributed by atoms with Crippen molar-refractivity contribution in [1.29, 1.82) is 0 Å². The van der Waals surface area contributed by atoms with Crippen LogP contribution in [0.1, 0.15) is 12.5 Å². The highest BCUT2D eigenvalue weighted by Gasteiger charge is 2.06. The Morgan fingerprint density at radius 2 is 2.31 bits per heavy atom. The van der Waals surface area contributed by atoms with Crippen molar-refractivity contribution in [2.75, 3.05) is 6.61 Å². The quantitative estimate of drug-likeness (QED) is 0.739. The Kier molecular flexibility index (Phi) is 2.90. The fourth-order valence-electron chi connectivity index (χ4n) is 1.60. The van der Waals surface area contributed by atoms with Gasteiger partial charge in [-0.1, -0.05) is 12.1 Å². The van der Waals surface area contributed by atoms with E-state index in [9.17, 15) is 4.79 Å². The summed E-state index contributed by atoms with van der Waals surface area (Å²) in [5, 5.41) is 5.35. The number of carbonyl (C=O) groups is 1. The summed E-state index contributed by atoms with van der Waals surface area (Å²) in [6.07, 6.45) is 1.85. The molecular formula is C12H14N2O2. The van der Waals surface area contributed by atoms with Gasteiger partial charge in [0.25, 0.3) is 0 Å². The van der Waals surface area contributed by atoms with Crippen LogP contribution < -0.4 is 0 Å². The predicted octanol–water partition coefficient (Wildman–Crippen LogP) is 1.91. The number of esters is 1. The van der Waals surface area contributed by atoms with Gasteiger partial charge >= 0.3 is 5.97 Å². The first-order chi connectivity index (χ1) is 7.69. The van der Waals surface area contributed by atoms with Crippen LogP contribution in [0.3, 0.4) is 0 Å². The van der Waals surface area contributed by atoms with Crippen LogP contribution in [0.4, 0.5) is 0 Å². The number of aryl methyl sites for hydroxylation is 1. The largest absolute Gasteiger partial charge is 0.465 e. The van der Waals surface area contributed by atoms with E-state index >= 15 is 0 Å². The Morgan fingerprint density at radius 1 is 1.50 bits per heavy atom. The molecule has 0 atom stereocenters. The average molecular weight is 218 g/mol. The van der Waals surface area contributed by atoms with Crippen molar-refractivity contribution in [2.45, 2.75) is 20.4 Å². The number of benzene rings is 1. The molecule has 0 fully saturated rings. The Morgan fingerprint density at radius 3 is 3.06 bits per heavy atom. The number of ether oxygens (including phenoxy) is 1. The lowest BCUT2D eigenvalue weighted by Crippen LogP contribution is -2.13. The second-order valence-corrected chi connectivity index (χ2v) is 3.69. The zero-order chi connectivity index (χ0) is 11.5. The van der Waals surface area contributed by atoms with Crippen molar-refractivity contribution in [3.63, 3.8) is 0 Å². The monoisotopic (exact) mass is 218 g/mol. The Bertz CT molecular complexity index is 517. The van der Waals surface area contributed by atoms with Crippen LogP contribution in [0, 0.1) is 6.92 Å². The lowest BCUT2D eigenvalue weighted by Gasteiger charge is -2.00. The lowest BCUT2D eigenvalue weighted by atomic mass is 10.2. The van der Waals surface area contributed by atoms with Gasteiger partial charge in [-0.05, 0) is 25.5 Å². The summed E-state index contributed by atoms with van der Waals surface area (Å²) >= 11 is 0. The molecule has 0 aliphatic heterocycles. The van der Waals surface area contributed by atoms with Crippen LogP contribution in [0.25, 0.3) is 10.9 Å². The normalized spacial score (nSPS) is 10.6. The fourth-order valence-corrected chi connectivity index (χ4v) is 1.60. The first kappa shape index (κ1) is 10.7. The van der Waals surface area contributed by atoms with E-state index in [1.54, 1.807) is 11.6 Å². The summed E-state index contributed by atoms with van der Waals surface area (Å²) in [5.41, 5.74) is 2.07. The summed E-state index contributed by atoms with van der Waals surface area (Å²) in [7, 11) is 0. The predicted molar refractivity (Wildman–Crippen MR) is 61.1 cm³/mol. The zero-order valence-corrected chi connectivity index (χ0v) is 9.43. The smallest absolute Gasteiger partial charge is 0.327 e. The van der Waals surface area contributed by atoms with E-state index in [2.05, 4.69) is 5.10 Å². The minimum absolute atomic E-state index is 0.168. The molecule has 84 valence electrons. The van der Waals surface area contributed by atoms with Crippen LogP contribution in [0.15, 0.2) is 24.4 Å². The van der Waals surface area contributed by atoms with Crippen molar-refractivity contribution in [1.82, 2.24) is 9.78 Å². The summed E-state index contributed by atoms with van der Waals surface area (Å²) < 4.78 is 6.48. The van der Waals surface area contributed by atoms with E-state index in [-0.39, 0.29) is 12.5 Å². The highest BCUT2D eigenvalue weighted by Crippen LogP contribution is 2.13. The van der Waals surface area contributed by atoms with Crippen LogP contribution in [-0.4, -0.2) is 22.4 Å². The molecule has 0 aliphatic rings. The van der Waals surface area contributed by atoms with Gasteiger partial charge in [-0.15, -0.1) is 0 Å². The third-order valence-corrected chi connectivity index (χ3v) is 2.31. The molecule has 0 radical (unpaired) electrons. The minimum Gasteiger partial charge on any atom is -0.465 e. The molecule has 0 N–H and O–H groups in total. The molecule has 0 aliphatic carbocycles. The molecule has 1 heterocycles. The van der Waals surface area contributed by atoms with Crippen LogP contribution in [0.5, 0.6) is 0 Å². The second kappa shape index (κ2) is 4.35. The molecule has 0 spiro atoms. The highest BCUT2D eigenvalue weighted by molar-refractivity contribution is 5.79. The van der Waals surface area contributed by atoms with E-state index < -0.39 is 0 Å². The molecule has 0 bridgehead atoms. The summed E-state index contributed by atoms with van der Waals surface area (Å²) in [5.74, 6) is -0.257. The molecule has 16 heavy (non-hydrogen) atoms. The molecule has 4 nitrogen and oxygen atoms in total. The van der Waals surface area contributed by atoms with E-state index in [1.807, 2.05) is 31.3 Å². The van der Waals surface area contributed by atoms with Gasteiger partial charge in [-0.2, -0.15) is 5.10 Å². The van der Waals surface area contributed by atoms with Gasteiger partial charge in [0.15, 0.2) is 0 Å². The average Bonchev–Trinajstić information content (AvgIpc) is 2.59. The standard InChI is InChI=1S/C12H14N2O2/c1-3-16-12(15)8-14-7-10-5-4-9(2)6-11(10)13-14/h4-7H,3,8H2,1-2H3. The van der Waals surface area contributed by atoms with Crippen molar-refractivity contribution < 1.29 is 9.53 Å². The van der Waals surface area contributed by atoms with Crippen molar-refractivity contribution in [3.8, 4) is 0 Å². The molecule has 2 aromatic rings. The lowest BCUT2D eigenvalue weighted by molar-refractivity contribution is -0.144. The van der Waals surface area contributed by atoms with Crippen molar-refractivity contribution >= 4 is 16.9 Å².